The molecule has 0 aromatic heterocycles. The molecule has 4 rings (SSSR count). The lowest BCUT2D eigenvalue weighted by atomic mass is 10.1. The third kappa shape index (κ3) is 10.4. The molecule has 4 aromatic rings. The molecule has 0 heterocycles. The maximum atomic E-state index is 13.6. The highest BCUT2D eigenvalue weighted by atomic mass is 16.5. The van der Waals surface area contributed by atoms with E-state index in [1.165, 1.54) is 15.9 Å². The van der Waals surface area contributed by atoms with Gasteiger partial charge in [0, 0.05) is 42.4 Å². The van der Waals surface area contributed by atoms with E-state index >= 15 is 0 Å². The Morgan fingerprint density at radius 3 is 2.08 bits per heavy atom. The van der Waals surface area contributed by atoms with Crippen molar-refractivity contribution in [2.45, 2.75) is 27.2 Å². The standard InChI is InChI=1S/C38H41N5O7/c1-5-42(32-18-26(2)17-27(3)19-32)36(46)25-50-33-16-10-15-31(22-33)43(24-35(45)41(4)30-13-7-6-8-14-30)34(44)23-39-38(49)40-29-12-9-11-28(20-29)21-37(47)48/h6-20,22H,5,21,23-25H2,1-4H3,(H,47,48)(H2,39,40,49). The summed E-state index contributed by atoms with van der Waals surface area (Å²) in [5, 5.41) is 14.2. The molecule has 50 heavy (non-hydrogen) atoms. The molecule has 260 valence electrons. The number of benzene rings is 4. The number of carbonyl (C=O) groups excluding carboxylic acids is 4. The minimum atomic E-state index is -1.01. The van der Waals surface area contributed by atoms with E-state index in [4.69, 9.17) is 9.84 Å². The molecular weight excluding hydrogens is 638 g/mol. The van der Waals surface area contributed by atoms with Gasteiger partial charge in [-0.1, -0.05) is 42.5 Å². The molecule has 0 atom stereocenters. The lowest BCUT2D eigenvalue weighted by Crippen LogP contribution is -2.46. The molecule has 12 nitrogen and oxygen atoms in total. The second-order valence-electron chi connectivity index (χ2n) is 11.6. The van der Waals surface area contributed by atoms with Crippen LogP contribution in [0.3, 0.4) is 0 Å². The summed E-state index contributed by atoms with van der Waals surface area (Å²) in [4.78, 5) is 68.3. The average Bonchev–Trinajstić information content (AvgIpc) is 3.08. The normalized spacial score (nSPS) is 10.5. The summed E-state index contributed by atoms with van der Waals surface area (Å²) in [5.41, 5.74) is 4.64. The molecule has 0 saturated heterocycles. The van der Waals surface area contributed by atoms with Gasteiger partial charge in [-0.25, -0.2) is 4.79 Å². The van der Waals surface area contributed by atoms with Crippen molar-refractivity contribution in [2.75, 3.05) is 53.3 Å². The first-order valence-corrected chi connectivity index (χ1v) is 16.0. The van der Waals surface area contributed by atoms with Crippen molar-refractivity contribution in [3.63, 3.8) is 0 Å². The Labute approximate surface area is 291 Å². The van der Waals surface area contributed by atoms with E-state index in [0.717, 1.165) is 16.8 Å². The molecule has 5 amide bonds. The number of amides is 5. The monoisotopic (exact) mass is 679 g/mol. The van der Waals surface area contributed by atoms with Gasteiger partial charge in [0.2, 0.25) is 11.8 Å². The smallest absolute Gasteiger partial charge is 0.319 e. The summed E-state index contributed by atoms with van der Waals surface area (Å²) in [6, 6.07) is 27.0. The van der Waals surface area contributed by atoms with Gasteiger partial charge in [0.1, 0.15) is 12.3 Å². The van der Waals surface area contributed by atoms with E-state index in [0.29, 0.717) is 34.9 Å². The quantitative estimate of drug-likeness (QED) is 0.166. The van der Waals surface area contributed by atoms with Crippen molar-refractivity contribution in [1.29, 1.82) is 0 Å². The molecule has 0 aliphatic carbocycles. The maximum Gasteiger partial charge on any atom is 0.319 e. The van der Waals surface area contributed by atoms with Crippen molar-refractivity contribution < 1.29 is 33.8 Å². The van der Waals surface area contributed by atoms with Crippen molar-refractivity contribution in [1.82, 2.24) is 5.32 Å². The van der Waals surface area contributed by atoms with Gasteiger partial charge in [0.15, 0.2) is 6.61 Å². The molecule has 0 unspecified atom stereocenters. The van der Waals surface area contributed by atoms with Crippen LogP contribution in [0.4, 0.5) is 27.5 Å². The number of aryl methyl sites for hydroxylation is 2. The fourth-order valence-corrected chi connectivity index (χ4v) is 5.29. The zero-order valence-electron chi connectivity index (χ0n) is 28.5. The SMILES string of the molecule is CCN(C(=O)COc1cccc(N(CC(=O)N(C)c2ccccc2)C(=O)CNC(=O)Nc2cccc(CC(=O)O)c2)c1)c1cc(C)cc(C)c1. The topological polar surface area (TPSA) is 149 Å². The van der Waals surface area contributed by atoms with E-state index in [9.17, 15) is 24.0 Å². The van der Waals surface area contributed by atoms with Crippen LogP contribution < -0.4 is 30.1 Å². The van der Waals surface area contributed by atoms with Gasteiger partial charge in [0.05, 0.1) is 13.0 Å². The molecule has 0 aliphatic heterocycles. The van der Waals surface area contributed by atoms with Crippen LogP contribution in [0.1, 0.15) is 23.6 Å². The van der Waals surface area contributed by atoms with Crippen LogP contribution in [0.5, 0.6) is 5.75 Å². The van der Waals surface area contributed by atoms with Crippen molar-refractivity contribution in [3.05, 3.63) is 114 Å². The number of hydrogen-bond donors (Lipinski definition) is 3. The third-order valence-corrected chi connectivity index (χ3v) is 7.68. The summed E-state index contributed by atoms with van der Waals surface area (Å²) in [5.74, 6) is -1.93. The summed E-state index contributed by atoms with van der Waals surface area (Å²) in [6.07, 6.45) is -0.212. The van der Waals surface area contributed by atoms with Crippen LogP contribution in [0.25, 0.3) is 0 Å². The van der Waals surface area contributed by atoms with Gasteiger partial charge in [-0.15, -0.1) is 0 Å². The van der Waals surface area contributed by atoms with Crippen molar-refractivity contribution in [2.24, 2.45) is 0 Å². The number of nitrogens with one attached hydrogen (secondary N) is 2. The van der Waals surface area contributed by atoms with Crippen LogP contribution >= 0.6 is 0 Å². The zero-order valence-corrected chi connectivity index (χ0v) is 28.5. The Morgan fingerprint density at radius 1 is 0.720 bits per heavy atom. The number of carboxylic acid groups (broad SMARTS) is 1. The van der Waals surface area contributed by atoms with Crippen molar-refractivity contribution >= 4 is 52.5 Å². The number of aliphatic carboxylic acids is 1. The molecule has 0 saturated carbocycles. The highest BCUT2D eigenvalue weighted by Gasteiger charge is 2.23. The minimum absolute atomic E-state index is 0.212. The number of anilines is 4. The molecule has 12 heteroatoms. The van der Waals surface area contributed by atoms with Crippen LogP contribution in [0, 0.1) is 13.8 Å². The van der Waals surface area contributed by atoms with Crippen LogP contribution in [-0.2, 0) is 25.6 Å². The van der Waals surface area contributed by atoms with Crippen LogP contribution in [0.2, 0.25) is 0 Å². The molecule has 4 aromatic carbocycles. The lowest BCUT2D eigenvalue weighted by Gasteiger charge is -2.26. The second-order valence-corrected chi connectivity index (χ2v) is 11.6. The molecule has 0 spiro atoms. The van der Waals surface area contributed by atoms with Gasteiger partial charge in [-0.3, -0.25) is 19.2 Å². The van der Waals surface area contributed by atoms with Gasteiger partial charge in [-0.2, -0.15) is 0 Å². The van der Waals surface area contributed by atoms with Crippen LogP contribution in [-0.4, -0.2) is 68.1 Å². The van der Waals surface area contributed by atoms with Crippen molar-refractivity contribution in [3.8, 4) is 5.75 Å². The molecule has 0 radical (unpaired) electrons. The second kappa shape index (κ2) is 17.3. The molecule has 0 bridgehead atoms. The highest BCUT2D eigenvalue weighted by molar-refractivity contribution is 6.05. The summed E-state index contributed by atoms with van der Waals surface area (Å²) >= 11 is 0. The first-order valence-electron chi connectivity index (χ1n) is 16.0. The maximum absolute atomic E-state index is 13.6. The summed E-state index contributed by atoms with van der Waals surface area (Å²) in [6.45, 7) is 5.18. The van der Waals surface area contributed by atoms with E-state index in [1.54, 1.807) is 78.7 Å². The minimum Gasteiger partial charge on any atom is -0.484 e. The van der Waals surface area contributed by atoms with Gasteiger partial charge in [-0.05, 0) is 86.0 Å². The Hall–Kier alpha value is -6.17. The van der Waals surface area contributed by atoms with Gasteiger partial charge in [0.25, 0.3) is 5.91 Å². The number of hydrogen-bond acceptors (Lipinski definition) is 6. The number of ether oxygens (including phenoxy) is 1. The predicted molar refractivity (Wildman–Crippen MR) is 193 cm³/mol. The number of urea groups is 1. The molecule has 3 N–H and O–H groups in total. The number of nitrogens with zero attached hydrogens (tertiary/aromatic N) is 3. The fraction of sp³-hybridized carbons (Fsp3) is 0.237. The molecule has 0 aliphatic rings. The Balaban J connectivity index is 1.49. The number of para-hydroxylation sites is 1. The van der Waals surface area contributed by atoms with Gasteiger partial charge < -0.3 is 35.2 Å². The highest BCUT2D eigenvalue weighted by Crippen LogP contribution is 2.24. The Bertz CT molecular complexity index is 1830. The molecule has 0 fully saturated rings. The van der Waals surface area contributed by atoms with E-state index < -0.39 is 30.4 Å². The zero-order chi connectivity index (χ0) is 36.2. The van der Waals surface area contributed by atoms with E-state index in [-0.39, 0.29) is 25.5 Å². The third-order valence-electron chi connectivity index (χ3n) is 7.68. The first kappa shape index (κ1) is 36.7. The largest absolute Gasteiger partial charge is 0.484 e. The Morgan fingerprint density at radius 2 is 1.40 bits per heavy atom. The number of carbonyl (C=O) groups is 5. The number of carboxylic acids is 1. The van der Waals surface area contributed by atoms with Crippen LogP contribution in [0.15, 0.2) is 97.1 Å². The number of rotatable bonds is 14. The first-order chi connectivity index (χ1) is 23.9. The number of likely N-dealkylation sites (N-methyl/N-ethyl adjacent to an activating group) is 2. The molecular formula is C38H41N5O7. The average molecular weight is 680 g/mol. The fourth-order valence-electron chi connectivity index (χ4n) is 5.29. The lowest BCUT2D eigenvalue weighted by molar-refractivity contribution is -0.136. The van der Waals surface area contributed by atoms with E-state index in [1.807, 2.05) is 45.0 Å². The summed E-state index contributed by atoms with van der Waals surface area (Å²) < 4.78 is 5.88. The van der Waals surface area contributed by atoms with Gasteiger partial charge >= 0.3 is 12.0 Å². The Kier molecular flexibility index (Phi) is 12.7. The summed E-state index contributed by atoms with van der Waals surface area (Å²) in [7, 11) is 1.60. The van der Waals surface area contributed by atoms with E-state index in [2.05, 4.69) is 10.6 Å². The predicted octanol–water partition coefficient (Wildman–Crippen LogP) is 5.18.